The molecule has 3 rings (SSSR count). The van der Waals surface area contributed by atoms with Gasteiger partial charge in [-0.3, -0.25) is 0 Å². The number of allylic oxidation sites excluding steroid dienone is 6. The molecule has 0 radical (unpaired) electrons. The number of aryl methyl sites for hydroxylation is 1. The van der Waals surface area contributed by atoms with Crippen molar-refractivity contribution in [1.82, 2.24) is 4.90 Å². The largest absolute Gasteiger partial charge is 0.371 e. The van der Waals surface area contributed by atoms with E-state index in [-0.39, 0.29) is 0 Å². The molecule has 0 aromatic heterocycles. The zero-order chi connectivity index (χ0) is 23.1. The van der Waals surface area contributed by atoms with E-state index in [1.807, 2.05) is 0 Å². The van der Waals surface area contributed by atoms with E-state index < -0.39 is 0 Å². The second-order valence-corrected chi connectivity index (χ2v) is 10.5. The van der Waals surface area contributed by atoms with Gasteiger partial charge in [0.1, 0.15) is 0 Å². The molecule has 1 aliphatic carbocycles. The Bertz CT molecular complexity index is 858. The van der Waals surface area contributed by atoms with Crippen LogP contribution in [0, 0.1) is 17.3 Å². The van der Waals surface area contributed by atoms with E-state index in [9.17, 15) is 0 Å². The fraction of sp³-hybridized carbons (Fsp3) is 0.548. The van der Waals surface area contributed by atoms with Crippen LogP contribution in [0.15, 0.2) is 60.7 Å². The van der Waals surface area contributed by atoms with Crippen molar-refractivity contribution in [3.05, 3.63) is 77.4 Å². The van der Waals surface area contributed by atoms with Gasteiger partial charge in [-0.15, -0.1) is 0 Å². The van der Waals surface area contributed by atoms with Crippen LogP contribution in [-0.4, -0.2) is 18.0 Å². The van der Waals surface area contributed by atoms with Crippen molar-refractivity contribution in [3.8, 4) is 0 Å². The van der Waals surface area contributed by atoms with E-state index >= 15 is 0 Å². The summed E-state index contributed by atoms with van der Waals surface area (Å²) in [6.07, 6.45) is 20.0. The Kier molecular flexibility index (Phi) is 8.63. The maximum Gasteiger partial charge on any atom is 0.0366 e. The van der Waals surface area contributed by atoms with Gasteiger partial charge in [0.2, 0.25) is 0 Å². The number of hydrogen-bond acceptors (Lipinski definition) is 1. The monoisotopic (exact) mass is 431 g/mol. The van der Waals surface area contributed by atoms with E-state index in [0.29, 0.717) is 17.3 Å². The molecule has 1 aliphatic heterocycles. The van der Waals surface area contributed by atoms with Crippen LogP contribution in [0.5, 0.6) is 0 Å². The van der Waals surface area contributed by atoms with E-state index in [2.05, 4.69) is 94.7 Å². The highest BCUT2D eigenvalue weighted by atomic mass is 15.1. The van der Waals surface area contributed by atoms with Crippen LogP contribution in [0.25, 0.3) is 5.70 Å². The summed E-state index contributed by atoms with van der Waals surface area (Å²) in [5, 5.41) is 0. The fourth-order valence-corrected chi connectivity index (χ4v) is 5.70. The maximum absolute atomic E-state index is 4.53. The predicted molar refractivity (Wildman–Crippen MR) is 142 cm³/mol. The smallest absolute Gasteiger partial charge is 0.0366 e. The topological polar surface area (TPSA) is 3.24 Å². The lowest BCUT2D eigenvalue weighted by Gasteiger charge is -2.47. The van der Waals surface area contributed by atoms with Gasteiger partial charge in [0.15, 0.2) is 0 Å². The van der Waals surface area contributed by atoms with Crippen LogP contribution in [0.2, 0.25) is 0 Å². The molecule has 0 bridgehead atoms. The SMILES string of the molecule is C=C(c1ccc(CC(C)C)c(CC)c1)N1CCC2(CC=C(/C=C\C=C/C)C(CC)C2)CC1. The fourth-order valence-electron chi connectivity index (χ4n) is 5.70. The summed E-state index contributed by atoms with van der Waals surface area (Å²) in [4.78, 5) is 2.55. The molecule has 0 amide bonds. The number of rotatable bonds is 8. The molecule has 1 saturated heterocycles. The molecule has 1 nitrogen and oxygen atoms in total. The van der Waals surface area contributed by atoms with Gasteiger partial charge in [-0.05, 0) is 97.5 Å². The molecule has 0 N–H and O–H groups in total. The van der Waals surface area contributed by atoms with E-state index in [1.54, 1.807) is 5.57 Å². The molecule has 2 aliphatic rings. The molecule has 174 valence electrons. The molecule has 0 saturated carbocycles. The predicted octanol–water partition coefficient (Wildman–Crippen LogP) is 8.38. The van der Waals surface area contributed by atoms with Gasteiger partial charge in [-0.2, -0.15) is 0 Å². The normalized spacial score (nSPS) is 21.1. The Morgan fingerprint density at radius 1 is 1.16 bits per heavy atom. The Labute approximate surface area is 198 Å². The standard InChI is InChI=1S/C31H45N/c1-7-10-11-12-28-15-16-31(23-27(28)9-3)17-19-32(20-18-31)25(6)29-13-14-30(21-24(4)5)26(8-2)22-29/h7,10-15,22,24,27H,6,8-9,16-21,23H2,1-5H3/b10-7-,12-11-. The minimum absolute atomic E-state index is 0.491. The molecule has 1 spiro atoms. The first-order valence-electron chi connectivity index (χ1n) is 13.0. The summed E-state index contributed by atoms with van der Waals surface area (Å²) >= 11 is 0. The third-order valence-corrected chi connectivity index (χ3v) is 7.76. The van der Waals surface area contributed by atoms with Gasteiger partial charge >= 0.3 is 0 Å². The highest BCUT2D eigenvalue weighted by molar-refractivity contribution is 5.63. The van der Waals surface area contributed by atoms with Gasteiger partial charge in [0, 0.05) is 18.8 Å². The highest BCUT2D eigenvalue weighted by Gasteiger charge is 2.38. The first-order valence-corrected chi connectivity index (χ1v) is 13.0. The lowest BCUT2D eigenvalue weighted by atomic mass is 9.64. The summed E-state index contributed by atoms with van der Waals surface area (Å²) in [7, 11) is 0. The number of benzene rings is 1. The average Bonchev–Trinajstić information content (AvgIpc) is 2.80. The van der Waals surface area contributed by atoms with Crippen molar-refractivity contribution in [2.75, 3.05) is 13.1 Å². The molecule has 1 atom stereocenters. The van der Waals surface area contributed by atoms with Crippen molar-refractivity contribution in [2.24, 2.45) is 17.3 Å². The number of hydrogen-bond donors (Lipinski definition) is 0. The quantitative estimate of drug-likeness (QED) is 0.374. The zero-order valence-corrected chi connectivity index (χ0v) is 21.3. The van der Waals surface area contributed by atoms with Crippen LogP contribution in [0.4, 0.5) is 0 Å². The molecule has 1 unspecified atom stereocenters. The van der Waals surface area contributed by atoms with Crippen molar-refractivity contribution in [3.63, 3.8) is 0 Å². The van der Waals surface area contributed by atoms with Crippen LogP contribution >= 0.6 is 0 Å². The first-order chi connectivity index (χ1) is 15.4. The Morgan fingerprint density at radius 3 is 2.53 bits per heavy atom. The summed E-state index contributed by atoms with van der Waals surface area (Å²) in [6, 6.07) is 7.07. The lowest BCUT2D eigenvalue weighted by molar-refractivity contribution is 0.108. The second-order valence-electron chi connectivity index (χ2n) is 10.5. The van der Waals surface area contributed by atoms with E-state index in [4.69, 9.17) is 0 Å². The maximum atomic E-state index is 4.53. The van der Waals surface area contributed by atoms with Gasteiger partial charge in [0.25, 0.3) is 0 Å². The molecule has 1 heterocycles. The van der Waals surface area contributed by atoms with Gasteiger partial charge < -0.3 is 4.90 Å². The number of likely N-dealkylation sites (tertiary alicyclic amines) is 1. The minimum Gasteiger partial charge on any atom is -0.371 e. The summed E-state index contributed by atoms with van der Waals surface area (Å²) in [5.41, 5.74) is 7.58. The van der Waals surface area contributed by atoms with Gasteiger partial charge in [-0.25, -0.2) is 0 Å². The van der Waals surface area contributed by atoms with Crippen molar-refractivity contribution >= 4 is 5.70 Å². The average molecular weight is 432 g/mol. The molecule has 1 aromatic carbocycles. The third-order valence-electron chi connectivity index (χ3n) is 7.76. The molecule has 32 heavy (non-hydrogen) atoms. The first kappa shape index (κ1) is 24.6. The Hall–Kier alpha value is -2.02. The van der Waals surface area contributed by atoms with E-state index in [1.165, 1.54) is 60.9 Å². The van der Waals surface area contributed by atoms with Gasteiger partial charge in [-0.1, -0.05) is 76.8 Å². The lowest BCUT2D eigenvalue weighted by Crippen LogP contribution is -2.41. The molecule has 1 fully saturated rings. The Balaban J connectivity index is 1.66. The van der Waals surface area contributed by atoms with Crippen molar-refractivity contribution < 1.29 is 0 Å². The molecule has 1 aromatic rings. The highest BCUT2D eigenvalue weighted by Crippen LogP contribution is 2.48. The van der Waals surface area contributed by atoms with Crippen LogP contribution in [-0.2, 0) is 12.8 Å². The zero-order valence-electron chi connectivity index (χ0n) is 21.3. The minimum atomic E-state index is 0.491. The summed E-state index contributed by atoms with van der Waals surface area (Å²) < 4.78 is 0. The molecule has 1 heteroatoms. The van der Waals surface area contributed by atoms with Crippen molar-refractivity contribution in [1.29, 1.82) is 0 Å². The summed E-state index contributed by atoms with van der Waals surface area (Å²) in [6.45, 7) is 18.1. The second kappa shape index (κ2) is 11.2. The van der Waals surface area contributed by atoms with E-state index in [0.717, 1.165) is 19.5 Å². The molecular weight excluding hydrogens is 386 g/mol. The van der Waals surface area contributed by atoms with Gasteiger partial charge in [0.05, 0.1) is 0 Å². The summed E-state index contributed by atoms with van der Waals surface area (Å²) in [5.74, 6) is 1.41. The van der Waals surface area contributed by atoms with Crippen LogP contribution in [0.3, 0.4) is 0 Å². The number of nitrogens with zero attached hydrogens (tertiary/aromatic N) is 1. The third kappa shape index (κ3) is 5.85. The van der Waals surface area contributed by atoms with Crippen LogP contribution < -0.4 is 0 Å². The van der Waals surface area contributed by atoms with Crippen LogP contribution in [0.1, 0.15) is 83.4 Å². The molecular formula is C31H45N. The number of piperidine rings is 1. The van der Waals surface area contributed by atoms with Crippen molar-refractivity contribution in [2.45, 2.75) is 79.6 Å². The Morgan fingerprint density at radius 2 is 1.91 bits per heavy atom.